The van der Waals surface area contributed by atoms with Crippen molar-refractivity contribution in [2.24, 2.45) is 0 Å². The lowest BCUT2D eigenvalue weighted by Crippen LogP contribution is -1.49. The van der Waals surface area contributed by atoms with Gasteiger partial charge in [0.2, 0.25) is 0 Å². The molecule has 0 saturated heterocycles. The minimum atomic E-state index is -0.250. The summed E-state index contributed by atoms with van der Waals surface area (Å²) in [5.41, 5.74) is 0. The molecule has 2 rings (SSSR count). The van der Waals surface area contributed by atoms with E-state index in [1.807, 2.05) is 24.3 Å². The van der Waals surface area contributed by atoms with Gasteiger partial charge in [-0.3, -0.25) is 4.79 Å². The highest BCUT2D eigenvalue weighted by Gasteiger charge is 2.15. The Balaban J connectivity index is 0.000000148. The third kappa shape index (κ3) is 1.48. The van der Waals surface area contributed by atoms with Crippen molar-refractivity contribution in [1.29, 1.82) is 0 Å². The lowest BCUT2D eigenvalue weighted by Gasteiger charge is -1.61. The SMILES string of the molecule is O=CO.c1ccc2c(c1)O2. The van der Waals surface area contributed by atoms with Crippen LogP contribution in [-0.2, 0) is 4.79 Å². The van der Waals surface area contributed by atoms with Crippen LogP contribution in [0, 0.1) is 0 Å². The maximum atomic E-state index is 8.36. The van der Waals surface area contributed by atoms with E-state index in [4.69, 9.17) is 14.6 Å². The number of hydrogen-bond donors (Lipinski definition) is 1. The monoisotopic (exact) mass is 138 g/mol. The Morgan fingerprint density at radius 2 is 1.70 bits per heavy atom. The van der Waals surface area contributed by atoms with Gasteiger partial charge in [0.05, 0.1) is 0 Å². The molecule has 1 aliphatic heterocycles. The molecule has 1 aliphatic rings. The number of ether oxygens (including phenoxy) is 1. The second kappa shape index (κ2) is 2.87. The normalized spacial score (nSPS) is 9.60. The number of para-hydroxylation sites is 2. The van der Waals surface area contributed by atoms with Crippen molar-refractivity contribution >= 4 is 6.47 Å². The topological polar surface area (TPSA) is 49.8 Å². The Hall–Kier alpha value is -1.51. The predicted molar refractivity (Wildman–Crippen MR) is 35.2 cm³/mol. The molecular formula is C7H6O3. The fourth-order valence-electron chi connectivity index (χ4n) is 0.611. The molecule has 52 valence electrons. The van der Waals surface area contributed by atoms with Crippen molar-refractivity contribution in [3.05, 3.63) is 24.3 Å². The minimum absolute atomic E-state index is 0.250. The van der Waals surface area contributed by atoms with Crippen LogP contribution < -0.4 is 4.74 Å². The van der Waals surface area contributed by atoms with E-state index in [1.165, 1.54) is 0 Å². The van der Waals surface area contributed by atoms with Crippen LogP contribution in [0.4, 0.5) is 0 Å². The van der Waals surface area contributed by atoms with Gasteiger partial charge in [-0.05, 0) is 12.1 Å². The average Bonchev–Trinajstić information content (AvgIpc) is 2.66. The van der Waals surface area contributed by atoms with E-state index in [-0.39, 0.29) is 6.47 Å². The molecule has 0 amide bonds. The number of hydrogen-bond acceptors (Lipinski definition) is 2. The van der Waals surface area contributed by atoms with Gasteiger partial charge >= 0.3 is 0 Å². The quantitative estimate of drug-likeness (QED) is 0.443. The number of carbonyl (C=O) groups is 1. The minimum Gasteiger partial charge on any atom is -0.483 e. The maximum Gasteiger partial charge on any atom is 0.290 e. The van der Waals surface area contributed by atoms with Crippen molar-refractivity contribution in [2.75, 3.05) is 0 Å². The molecule has 1 aromatic rings. The van der Waals surface area contributed by atoms with Gasteiger partial charge in [0, 0.05) is 0 Å². The maximum absolute atomic E-state index is 8.36. The fourth-order valence-corrected chi connectivity index (χ4v) is 0.611. The second-order valence-electron chi connectivity index (χ2n) is 1.65. The van der Waals surface area contributed by atoms with Gasteiger partial charge in [-0.25, -0.2) is 0 Å². The van der Waals surface area contributed by atoms with Crippen molar-refractivity contribution in [3.8, 4) is 11.5 Å². The van der Waals surface area contributed by atoms with Crippen molar-refractivity contribution in [2.45, 2.75) is 0 Å². The molecule has 0 radical (unpaired) electrons. The first-order valence-corrected chi connectivity index (χ1v) is 2.73. The highest BCUT2D eigenvalue weighted by Crippen LogP contribution is 2.43. The highest BCUT2D eigenvalue weighted by atomic mass is 16.6. The van der Waals surface area contributed by atoms with Crippen LogP contribution >= 0.6 is 0 Å². The molecule has 3 heteroatoms. The number of fused-ring (bicyclic) bond motifs is 1. The van der Waals surface area contributed by atoms with Crippen LogP contribution in [0.15, 0.2) is 24.3 Å². The van der Waals surface area contributed by atoms with E-state index in [9.17, 15) is 0 Å². The van der Waals surface area contributed by atoms with Crippen molar-refractivity contribution < 1.29 is 14.6 Å². The number of rotatable bonds is 0. The third-order valence-corrected chi connectivity index (χ3v) is 1.03. The summed E-state index contributed by atoms with van der Waals surface area (Å²) in [7, 11) is 0. The van der Waals surface area contributed by atoms with Gasteiger partial charge in [0.1, 0.15) is 0 Å². The van der Waals surface area contributed by atoms with Gasteiger partial charge in [0.15, 0.2) is 11.5 Å². The van der Waals surface area contributed by atoms with Gasteiger partial charge in [-0.15, -0.1) is 0 Å². The first-order valence-electron chi connectivity index (χ1n) is 2.73. The average molecular weight is 138 g/mol. The zero-order valence-corrected chi connectivity index (χ0v) is 5.15. The van der Waals surface area contributed by atoms with Gasteiger partial charge in [-0.1, -0.05) is 12.1 Å². The van der Waals surface area contributed by atoms with Gasteiger partial charge < -0.3 is 9.84 Å². The lowest BCUT2D eigenvalue weighted by molar-refractivity contribution is -0.122. The van der Waals surface area contributed by atoms with Crippen LogP contribution in [0.1, 0.15) is 0 Å². The second-order valence-corrected chi connectivity index (χ2v) is 1.65. The van der Waals surface area contributed by atoms with E-state index >= 15 is 0 Å². The molecule has 1 N–H and O–H groups in total. The molecule has 0 unspecified atom stereocenters. The summed E-state index contributed by atoms with van der Waals surface area (Å²) in [5, 5.41) is 6.89. The molecule has 10 heavy (non-hydrogen) atoms. The van der Waals surface area contributed by atoms with E-state index in [0.717, 1.165) is 11.5 Å². The number of benzene rings is 1. The Labute approximate surface area is 57.9 Å². The first kappa shape index (κ1) is 6.61. The summed E-state index contributed by atoms with van der Waals surface area (Å²) < 4.78 is 4.94. The van der Waals surface area contributed by atoms with E-state index < -0.39 is 0 Å². The van der Waals surface area contributed by atoms with E-state index in [2.05, 4.69) is 0 Å². The zero-order valence-electron chi connectivity index (χ0n) is 5.15. The van der Waals surface area contributed by atoms with Crippen LogP contribution in [-0.4, -0.2) is 11.6 Å². The fraction of sp³-hybridized carbons (Fsp3) is 0. The Morgan fingerprint density at radius 3 is 2.00 bits per heavy atom. The smallest absolute Gasteiger partial charge is 0.290 e. The molecular weight excluding hydrogens is 132 g/mol. The summed E-state index contributed by atoms with van der Waals surface area (Å²) in [6.07, 6.45) is 0. The molecule has 0 atom stereocenters. The number of carboxylic acid groups (broad SMARTS) is 1. The van der Waals surface area contributed by atoms with Gasteiger partial charge in [-0.2, -0.15) is 0 Å². The van der Waals surface area contributed by atoms with E-state index in [0.29, 0.717) is 0 Å². The van der Waals surface area contributed by atoms with Crippen LogP contribution in [0.25, 0.3) is 0 Å². The predicted octanol–water partition coefficient (Wildman–Crippen LogP) is 1.49. The molecule has 0 aromatic heterocycles. The zero-order chi connectivity index (χ0) is 7.40. The molecule has 0 saturated carbocycles. The lowest BCUT2D eigenvalue weighted by atomic mass is 10.4. The molecule has 0 fully saturated rings. The summed E-state index contributed by atoms with van der Waals surface area (Å²) in [4.78, 5) is 8.36. The highest BCUT2D eigenvalue weighted by molar-refractivity contribution is 5.53. The third-order valence-electron chi connectivity index (χ3n) is 1.03. The Bertz CT molecular complexity index is 211. The molecule has 3 nitrogen and oxygen atoms in total. The van der Waals surface area contributed by atoms with E-state index in [1.54, 1.807) is 0 Å². The van der Waals surface area contributed by atoms with Crippen molar-refractivity contribution in [1.82, 2.24) is 0 Å². The Kier molecular flexibility index (Phi) is 1.89. The first-order chi connectivity index (χ1) is 4.88. The molecule has 0 spiro atoms. The summed E-state index contributed by atoms with van der Waals surface area (Å²) in [6.45, 7) is -0.250. The molecule has 1 heterocycles. The Morgan fingerprint density at radius 1 is 1.30 bits per heavy atom. The van der Waals surface area contributed by atoms with Crippen LogP contribution in [0.5, 0.6) is 11.5 Å². The van der Waals surface area contributed by atoms with Crippen LogP contribution in [0.3, 0.4) is 0 Å². The van der Waals surface area contributed by atoms with Crippen molar-refractivity contribution in [3.63, 3.8) is 0 Å². The largest absolute Gasteiger partial charge is 0.483 e. The summed E-state index contributed by atoms with van der Waals surface area (Å²) in [5.74, 6) is 2.06. The summed E-state index contributed by atoms with van der Waals surface area (Å²) in [6, 6.07) is 7.84. The van der Waals surface area contributed by atoms with Crippen LogP contribution in [0.2, 0.25) is 0 Å². The summed E-state index contributed by atoms with van der Waals surface area (Å²) >= 11 is 0. The molecule has 0 aliphatic carbocycles. The standard InChI is InChI=1S/C6H4O.CH2O2/c1-2-4-6-5(3-1)7-6;2-1-3/h1-4H;1H,(H,2,3). The van der Waals surface area contributed by atoms with Gasteiger partial charge in [0.25, 0.3) is 6.47 Å². The molecule has 0 bridgehead atoms. The molecule has 1 aromatic carbocycles.